The molecule has 33 heavy (non-hydrogen) atoms. The molecule has 170 valence electrons. The van der Waals surface area contributed by atoms with Crippen LogP contribution < -0.4 is 15.8 Å². The van der Waals surface area contributed by atoms with Gasteiger partial charge in [-0.3, -0.25) is 9.36 Å². The smallest absolute Gasteiger partial charge is 0.262 e. The Balaban J connectivity index is 1.59. The molecule has 1 N–H and O–H groups in total. The van der Waals surface area contributed by atoms with Gasteiger partial charge in [0.15, 0.2) is 0 Å². The molecule has 5 rings (SSSR count). The normalized spacial score (nSPS) is 15.1. The van der Waals surface area contributed by atoms with Crippen LogP contribution in [0.2, 0.25) is 0 Å². The molecule has 0 spiro atoms. The van der Waals surface area contributed by atoms with Gasteiger partial charge in [-0.05, 0) is 48.0 Å². The number of nitrogens with one attached hydrogen (secondary N) is 1. The monoisotopic (exact) mass is 446 g/mol. The highest BCUT2D eigenvalue weighted by atomic mass is 16.5. The quantitative estimate of drug-likeness (QED) is 0.498. The number of hydrogen-bond donors (Lipinski definition) is 1. The fourth-order valence-corrected chi connectivity index (χ4v) is 4.30. The average molecular weight is 447 g/mol. The zero-order valence-electron chi connectivity index (χ0n) is 18.9. The molecule has 0 saturated carbocycles. The van der Waals surface area contributed by atoms with Gasteiger partial charge in [0, 0.05) is 25.7 Å². The number of rotatable bonds is 5. The summed E-state index contributed by atoms with van der Waals surface area (Å²) in [5.74, 6) is 0.669. The maximum Gasteiger partial charge on any atom is 0.262 e. The van der Waals surface area contributed by atoms with E-state index in [0.717, 1.165) is 22.5 Å². The third-order valence-electron chi connectivity index (χ3n) is 5.96. The standard InChI is InChI=1S/C23H26N8O2/c1-15-12-17(16(2)25-19-6-4-5-7-20(19)31-14-24-27-28-31)21-18(13-15)22(32)29(3)23(26-21)30-8-10-33-11-9-30/h4-7,12-14,16,25H,8-11H2,1-3H3/t16-/m1/s1. The first-order valence-corrected chi connectivity index (χ1v) is 11.0. The van der Waals surface area contributed by atoms with Crippen LogP contribution >= 0.6 is 0 Å². The van der Waals surface area contributed by atoms with Gasteiger partial charge in [0.2, 0.25) is 5.95 Å². The van der Waals surface area contributed by atoms with Crippen molar-refractivity contribution < 1.29 is 4.74 Å². The summed E-state index contributed by atoms with van der Waals surface area (Å²) in [7, 11) is 1.78. The molecule has 0 amide bonds. The van der Waals surface area contributed by atoms with Gasteiger partial charge in [-0.1, -0.05) is 18.2 Å². The first kappa shape index (κ1) is 21.1. The van der Waals surface area contributed by atoms with E-state index in [9.17, 15) is 4.79 Å². The lowest BCUT2D eigenvalue weighted by Crippen LogP contribution is -2.40. The third-order valence-corrected chi connectivity index (χ3v) is 5.96. The molecular weight excluding hydrogens is 420 g/mol. The number of benzene rings is 2. The van der Waals surface area contributed by atoms with Gasteiger partial charge < -0.3 is 15.0 Å². The summed E-state index contributed by atoms with van der Waals surface area (Å²) in [6.07, 6.45) is 1.56. The van der Waals surface area contributed by atoms with Crippen LogP contribution in [0.5, 0.6) is 0 Å². The lowest BCUT2D eigenvalue weighted by atomic mass is 10.0. The minimum Gasteiger partial charge on any atom is -0.378 e. The second-order valence-corrected chi connectivity index (χ2v) is 8.26. The number of ether oxygens (including phenoxy) is 1. The van der Waals surface area contributed by atoms with Crippen LogP contribution in [-0.2, 0) is 11.8 Å². The first-order valence-electron chi connectivity index (χ1n) is 11.0. The maximum atomic E-state index is 13.3. The lowest BCUT2D eigenvalue weighted by Gasteiger charge is -2.29. The van der Waals surface area contributed by atoms with Crippen molar-refractivity contribution in [3.63, 3.8) is 0 Å². The number of aromatic nitrogens is 6. The van der Waals surface area contributed by atoms with Gasteiger partial charge in [0.1, 0.15) is 6.33 Å². The molecule has 0 aliphatic carbocycles. The van der Waals surface area contributed by atoms with E-state index in [-0.39, 0.29) is 11.6 Å². The van der Waals surface area contributed by atoms with Gasteiger partial charge >= 0.3 is 0 Å². The van der Waals surface area contributed by atoms with E-state index >= 15 is 0 Å². The van der Waals surface area contributed by atoms with Crippen LogP contribution in [0.15, 0.2) is 47.5 Å². The number of morpholine rings is 1. The average Bonchev–Trinajstić information content (AvgIpc) is 3.37. The van der Waals surface area contributed by atoms with Crippen molar-refractivity contribution in [3.8, 4) is 5.69 Å². The molecule has 1 fully saturated rings. The summed E-state index contributed by atoms with van der Waals surface area (Å²) in [6, 6.07) is 11.7. The molecule has 1 aliphatic rings. The molecule has 10 heteroatoms. The van der Waals surface area contributed by atoms with Gasteiger partial charge in [0.25, 0.3) is 5.56 Å². The summed E-state index contributed by atoms with van der Waals surface area (Å²) in [4.78, 5) is 20.4. The fraction of sp³-hybridized carbons (Fsp3) is 0.348. The highest BCUT2D eigenvalue weighted by Crippen LogP contribution is 2.29. The Labute approximate surface area is 190 Å². The predicted molar refractivity (Wildman–Crippen MR) is 126 cm³/mol. The molecule has 3 heterocycles. The van der Waals surface area contributed by atoms with Gasteiger partial charge in [-0.25, -0.2) is 4.98 Å². The minimum atomic E-state index is -0.123. The highest BCUT2D eigenvalue weighted by Gasteiger charge is 2.21. The van der Waals surface area contributed by atoms with E-state index in [1.165, 1.54) is 0 Å². The number of aryl methyl sites for hydroxylation is 1. The SMILES string of the molecule is Cc1cc([C@@H](C)Nc2ccccc2-n2cnnn2)c2nc(N3CCOCC3)n(C)c(=O)c2c1. The van der Waals surface area contributed by atoms with Crippen molar-refractivity contribution in [2.75, 3.05) is 36.5 Å². The van der Waals surface area contributed by atoms with Crippen LogP contribution in [0.4, 0.5) is 11.6 Å². The third kappa shape index (κ3) is 3.93. The molecule has 1 aliphatic heterocycles. The second-order valence-electron chi connectivity index (χ2n) is 8.26. The molecule has 0 bridgehead atoms. The summed E-state index contributed by atoms with van der Waals surface area (Å²) in [5.41, 5.74) is 4.35. The summed E-state index contributed by atoms with van der Waals surface area (Å²) in [6.45, 7) is 6.74. The van der Waals surface area contributed by atoms with Crippen LogP contribution in [0.25, 0.3) is 16.6 Å². The number of tetrazole rings is 1. The van der Waals surface area contributed by atoms with Crippen molar-refractivity contribution >= 4 is 22.5 Å². The van der Waals surface area contributed by atoms with E-state index in [1.54, 1.807) is 22.6 Å². The molecular formula is C23H26N8O2. The Morgan fingerprint density at radius 3 is 2.70 bits per heavy atom. The highest BCUT2D eigenvalue weighted by molar-refractivity contribution is 5.84. The Morgan fingerprint density at radius 1 is 1.15 bits per heavy atom. The molecule has 2 aromatic carbocycles. The van der Waals surface area contributed by atoms with Crippen molar-refractivity contribution in [3.05, 3.63) is 64.2 Å². The van der Waals surface area contributed by atoms with Crippen molar-refractivity contribution in [1.29, 1.82) is 0 Å². The van der Waals surface area contributed by atoms with Crippen LogP contribution in [0.1, 0.15) is 24.1 Å². The molecule has 0 radical (unpaired) electrons. The number of hydrogen-bond acceptors (Lipinski definition) is 8. The van der Waals surface area contributed by atoms with E-state index in [1.807, 2.05) is 37.3 Å². The molecule has 1 atom stereocenters. The Kier molecular flexibility index (Phi) is 5.51. The summed E-state index contributed by atoms with van der Waals surface area (Å²) in [5, 5.41) is 15.7. The molecule has 2 aromatic heterocycles. The van der Waals surface area contributed by atoms with Crippen LogP contribution in [0, 0.1) is 6.92 Å². The van der Waals surface area contributed by atoms with Crippen LogP contribution in [0.3, 0.4) is 0 Å². The fourth-order valence-electron chi connectivity index (χ4n) is 4.30. The molecule has 1 saturated heterocycles. The van der Waals surface area contributed by atoms with E-state index in [0.29, 0.717) is 43.2 Å². The largest absolute Gasteiger partial charge is 0.378 e. The van der Waals surface area contributed by atoms with Crippen molar-refractivity contribution in [2.45, 2.75) is 19.9 Å². The Hall–Kier alpha value is -3.79. The van der Waals surface area contributed by atoms with E-state index < -0.39 is 0 Å². The van der Waals surface area contributed by atoms with Gasteiger partial charge in [-0.2, -0.15) is 4.68 Å². The zero-order chi connectivity index (χ0) is 22.9. The predicted octanol–water partition coefficient (Wildman–Crippen LogP) is 2.23. The van der Waals surface area contributed by atoms with Crippen molar-refractivity contribution in [2.24, 2.45) is 7.05 Å². The topological polar surface area (TPSA) is 103 Å². The van der Waals surface area contributed by atoms with Crippen molar-refractivity contribution in [1.82, 2.24) is 29.8 Å². The number of para-hydroxylation sites is 2. The molecule has 10 nitrogen and oxygen atoms in total. The first-order chi connectivity index (χ1) is 16.0. The summed E-state index contributed by atoms with van der Waals surface area (Å²) < 4.78 is 8.74. The number of anilines is 2. The molecule has 4 aromatic rings. The Bertz CT molecular complexity index is 1340. The number of fused-ring (bicyclic) bond motifs is 1. The van der Waals surface area contributed by atoms with E-state index in [2.05, 4.69) is 38.7 Å². The zero-order valence-corrected chi connectivity index (χ0v) is 18.9. The van der Waals surface area contributed by atoms with Gasteiger partial charge in [0.05, 0.1) is 41.5 Å². The minimum absolute atomic E-state index is 0.0484. The lowest BCUT2D eigenvalue weighted by molar-refractivity contribution is 0.121. The summed E-state index contributed by atoms with van der Waals surface area (Å²) >= 11 is 0. The van der Waals surface area contributed by atoms with Crippen LogP contribution in [-0.4, -0.2) is 56.1 Å². The van der Waals surface area contributed by atoms with Gasteiger partial charge in [-0.15, -0.1) is 5.10 Å². The second kappa shape index (κ2) is 8.62. The van der Waals surface area contributed by atoms with E-state index in [4.69, 9.17) is 9.72 Å². The molecule has 0 unspecified atom stereocenters. The Morgan fingerprint density at radius 2 is 1.94 bits per heavy atom. The maximum absolute atomic E-state index is 13.3. The number of nitrogens with zero attached hydrogens (tertiary/aromatic N) is 7.